The average Bonchev–Trinajstić information content (AvgIpc) is 3.02. The number of hydrogen-bond donors (Lipinski definition) is 2. The van der Waals surface area contributed by atoms with Crippen LogP contribution < -0.4 is 25.2 Å². The highest BCUT2D eigenvalue weighted by Gasteiger charge is 2.22. The van der Waals surface area contributed by atoms with Gasteiger partial charge in [0.15, 0.2) is 6.61 Å². The lowest BCUT2D eigenvalue weighted by atomic mass is 10.0. The molecule has 0 heterocycles. The molecule has 0 spiro atoms. The number of hydrogen-bond acceptors (Lipinski definition) is 6. The summed E-state index contributed by atoms with van der Waals surface area (Å²) in [6, 6.07) is 20.2. The van der Waals surface area contributed by atoms with Crippen LogP contribution in [0, 0.1) is 5.92 Å². The topological polar surface area (TPSA) is 117 Å². The second-order valence-electron chi connectivity index (χ2n) is 10.6. The Hall–Kier alpha value is -4.57. The van der Waals surface area contributed by atoms with Gasteiger partial charge in [-0.25, -0.2) is 4.79 Å². The number of carbonyl (C=O) groups is 4. The third-order valence-electron chi connectivity index (χ3n) is 6.91. The van der Waals surface area contributed by atoms with Crippen LogP contribution in [0.4, 0.5) is 21.9 Å². The Morgan fingerprint density at radius 3 is 2.34 bits per heavy atom. The molecular formula is C33H39ClN4O6. The molecule has 0 saturated carbocycles. The Morgan fingerprint density at radius 1 is 0.909 bits per heavy atom. The summed E-state index contributed by atoms with van der Waals surface area (Å²) in [5, 5.41) is 5.83. The molecule has 0 aromatic heterocycles. The van der Waals surface area contributed by atoms with Crippen molar-refractivity contribution in [3.05, 3.63) is 83.4 Å². The van der Waals surface area contributed by atoms with Crippen molar-refractivity contribution in [3.8, 4) is 5.75 Å². The summed E-state index contributed by atoms with van der Waals surface area (Å²) in [6.07, 6.45) is 0.702. The van der Waals surface area contributed by atoms with Gasteiger partial charge in [0.1, 0.15) is 5.75 Å². The van der Waals surface area contributed by atoms with E-state index in [1.807, 2.05) is 0 Å². The number of para-hydroxylation sites is 2. The van der Waals surface area contributed by atoms with Gasteiger partial charge < -0.3 is 29.9 Å². The highest BCUT2D eigenvalue weighted by atomic mass is 35.5. The van der Waals surface area contributed by atoms with Gasteiger partial charge in [0, 0.05) is 30.0 Å². The van der Waals surface area contributed by atoms with Crippen molar-refractivity contribution in [1.82, 2.24) is 5.32 Å². The average molecular weight is 623 g/mol. The first kappa shape index (κ1) is 33.9. The van der Waals surface area contributed by atoms with Crippen molar-refractivity contribution in [3.63, 3.8) is 0 Å². The first-order valence-corrected chi connectivity index (χ1v) is 14.6. The predicted octanol–water partition coefficient (Wildman–Crippen LogP) is 5.86. The molecular weight excluding hydrogens is 584 g/mol. The molecule has 2 N–H and O–H groups in total. The number of rotatable bonds is 13. The predicted molar refractivity (Wildman–Crippen MR) is 173 cm³/mol. The van der Waals surface area contributed by atoms with E-state index in [1.54, 1.807) is 91.7 Å². The highest BCUT2D eigenvalue weighted by Crippen LogP contribution is 2.29. The van der Waals surface area contributed by atoms with E-state index in [-0.39, 0.29) is 30.9 Å². The van der Waals surface area contributed by atoms with Gasteiger partial charge in [0.25, 0.3) is 5.91 Å². The van der Waals surface area contributed by atoms with Gasteiger partial charge in [-0.15, -0.1) is 0 Å². The summed E-state index contributed by atoms with van der Waals surface area (Å²) in [5.74, 6) is -0.880. The number of nitrogens with one attached hydrogen (secondary N) is 2. The fourth-order valence-corrected chi connectivity index (χ4v) is 4.44. The van der Waals surface area contributed by atoms with E-state index in [4.69, 9.17) is 21.1 Å². The zero-order chi connectivity index (χ0) is 32.2. The van der Waals surface area contributed by atoms with Crippen molar-refractivity contribution >= 4 is 52.5 Å². The van der Waals surface area contributed by atoms with Crippen molar-refractivity contribution in [2.75, 3.05) is 49.0 Å². The summed E-state index contributed by atoms with van der Waals surface area (Å²) >= 11 is 6.07. The Balaban J connectivity index is 1.69. The van der Waals surface area contributed by atoms with Crippen LogP contribution in [-0.4, -0.2) is 57.7 Å². The first-order chi connectivity index (χ1) is 21.0. The molecule has 3 aromatic rings. The van der Waals surface area contributed by atoms with Crippen molar-refractivity contribution in [2.24, 2.45) is 5.92 Å². The number of anilines is 3. The normalized spacial score (nSPS) is 11.3. The van der Waals surface area contributed by atoms with Gasteiger partial charge >= 0.3 is 12.0 Å². The maximum absolute atomic E-state index is 13.5. The number of carbonyl (C=O) groups excluding carboxylic acids is 4. The van der Waals surface area contributed by atoms with Gasteiger partial charge in [0.2, 0.25) is 5.91 Å². The molecule has 0 radical (unpaired) electrons. The van der Waals surface area contributed by atoms with E-state index in [9.17, 15) is 19.2 Å². The van der Waals surface area contributed by atoms with Crippen LogP contribution in [-0.2, 0) is 19.1 Å². The minimum Gasteiger partial charge on any atom is -0.482 e. The van der Waals surface area contributed by atoms with Crippen molar-refractivity contribution in [2.45, 2.75) is 33.1 Å². The van der Waals surface area contributed by atoms with Crippen LogP contribution in [0.1, 0.15) is 38.7 Å². The van der Waals surface area contributed by atoms with E-state index in [0.717, 1.165) is 0 Å². The second-order valence-corrected chi connectivity index (χ2v) is 11.0. The van der Waals surface area contributed by atoms with Crippen LogP contribution in [0.2, 0.25) is 5.02 Å². The number of esters is 1. The standard InChI is InChI=1S/C33H39ClN4O6/c1-22(2)16-17-38(30(39)20-35-33(42)36-26-12-8-10-24(18-26)23(3)32(41)43-5)28-14-6-7-15-29(28)44-21-31(40)37(4)27-13-9-11-25(34)19-27/h6-15,18-19,22-23H,16-17,20-21H2,1-5H3,(H2,35,36,42). The lowest BCUT2D eigenvalue weighted by Crippen LogP contribution is -2.42. The molecule has 0 bridgehead atoms. The number of likely N-dealkylation sites (N-methyl/N-ethyl adjacent to an activating group) is 1. The SMILES string of the molecule is COC(=O)C(C)c1cccc(NC(=O)NCC(=O)N(CCC(C)C)c2ccccc2OCC(=O)N(C)c2cccc(Cl)c2)c1. The van der Waals surface area contributed by atoms with Gasteiger partial charge in [0.05, 0.1) is 25.3 Å². The monoisotopic (exact) mass is 622 g/mol. The molecule has 44 heavy (non-hydrogen) atoms. The zero-order valence-corrected chi connectivity index (χ0v) is 26.4. The third-order valence-corrected chi connectivity index (χ3v) is 7.14. The zero-order valence-electron chi connectivity index (χ0n) is 25.6. The smallest absolute Gasteiger partial charge is 0.319 e. The molecule has 0 aliphatic rings. The van der Waals surface area contributed by atoms with E-state index in [2.05, 4.69) is 24.5 Å². The molecule has 1 atom stereocenters. The molecule has 3 rings (SSSR count). The Bertz CT molecular complexity index is 1460. The Kier molecular flexibility index (Phi) is 12.6. The maximum Gasteiger partial charge on any atom is 0.319 e. The number of halogens is 1. The fraction of sp³-hybridized carbons (Fsp3) is 0.333. The maximum atomic E-state index is 13.5. The van der Waals surface area contributed by atoms with Gasteiger partial charge in [-0.1, -0.05) is 55.8 Å². The molecule has 11 heteroatoms. The molecule has 3 aromatic carbocycles. The number of amides is 4. The highest BCUT2D eigenvalue weighted by molar-refractivity contribution is 6.30. The summed E-state index contributed by atoms with van der Waals surface area (Å²) in [5.41, 5.74) is 2.26. The van der Waals surface area contributed by atoms with Crippen LogP contribution in [0.25, 0.3) is 0 Å². The first-order valence-electron chi connectivity index (χ1n) is 14.3. The third kappa shape index (κ3) is 9.74. The molecule has 0 aliphatic heterocycles. The summed E-state index contributed by atoms with van der Waals surface area (Å²) in [4.78, 5) is 54.0. The van der Waals surface area contributed by atoms with Crippen LogP contribution in [0.5, 0.6) is 5.75 Å². The quantitative estimate of drug-likeness (QED) is 0.231. The van der Waals surface area contributed by atoms with E-state index < -0.39 is 11.9 Å². The molecule has 10 nitrogen and oxygen atoms in total. The molecule has 0 aliphatic carbocycles. The van der Waals surface area contributed by atoms with Gasteiger partial charge in [-0.2, -0.15) is 0 Å². The minimum absolute atomic E-state index is 0.263. The summed E-state index contributed by atoms with van der Waals surface area (Å²) in [6.45, 7) is 5.65. The molecule has 1 unspecified atom stereocenters. The van der Waals surface area contributed by atoms with E-state index in [1.165, 1.54) is 12.0 Å². The van der Waals surface area contributed by atoms with E-state index >= 15 is 0 Å². The summed E-state index contributed by atoms with van der Waals surface area (Å²) in [7, 11) is 2.95. The van der Waals surface area contributed by atoms with Crippen molar-refractivity contribution in [1.29, 1.82) is 0 Å². The Morgan fingerprint density at radius 2 is 1.64 bits per heavy atom. The number of nitrogens with zero attached hydrogens (tertiary/aromatic N) is 2. The second kappa shape index (κ2) is 16.3. The number of urea groups is 1. The largest absolute Gasteiger partial charge is 0.482 e. The number of benzene rings is 3. The lowest BCUT2D eigenvalue weighted by molar-refractivity contribution is -0.142. The number of ether oxygens (including phenoxy) is 2. The lowest BCUT2D eigenvalue weighted by Gasteiger charge is -2.26. The van der Waals surface area contributed by atoms with Crippen LogP contribution in [0.3, 0.4) is 0 Å². The molecule has 234 valence electrons. The van der Waals surface area contributed by atoms with Gasteiger partial charge in [-0.05, 0) is 67.3 Å². The molecule has 0 fully saturated rings. The minimum atomic E-state index is -0.579. The van der Waals surface area contributed by atoms with Gasteiger partial charge in [-0.3, -0.25) is 14.4 Å². The summed E-state index contributed by atoms with van der Waals surface area (Å²) < 4.78 is 10.7. The number of methoxy groups -OCH3 is 1. The fourth-order valence-electron chi connectivity index (χ4n) is 4.26. The molecule has 0 saturated heterocycles. The van der Waals surface area contributed by atoms with Crippen LogP contribution >= 0.6 is 11.6 Å². The van der Waals surface area contributed by atoms with Crippen LogP contribution in [0.15, 0.2) is 72.8 Å². The molecule has 4 amide bonds. The van der Waals surface area contributed by atoms with E-state index in [0.29, 0.717) is 52.3 Å². The van der Waals surface area contributed by atoms with Crippen molar-refractivity contribution < 1.29 is 28.7 Å². The Labute approximate surface area is 263 Å².